The van der Waals surface area contributed by atoms with Crippen molar-refractivity contribution in [1.29, 1.82) is 0 Å². The van der Waals surface area contributed by atoms with Gasteiger partial charge in [0.15, 0.2) is 5.84 Å². The number of alkyl halides is 1. The molecule has 0 spiro atoms. The third kappa shape index (κ3) is 6.59. The van der Waals surface area contributed by atoms with E-state index in [9.17, 15) is 8.78 Å². The minimum Gasteiger partial charge on any atom is -0.383 e. The van der Waals surface area contributed by atoms with E-state index in [-0.39, 0.29) is 22.9 Å². The van der Waals surface area contributed by atoms with Crippen molar-refractivity contribution >= 4 is 17.3 Å². The molecule has 0 aliphatic carbocycles. The number of hydrogen-bond acceptors (Lipinski definition) is 7. The molecule has 2 heterocycles. The lowest BCUT2D eigenvalue weighted by Crippen LogP contribution is -2.43. The van der Waals surface area contributed by atoms with E-state index in [0.717, 1.165) is 54.9 Å². The molecule has 37 heavy (non-hydrogen) atoms. The van der Waals surface area contributed by atoms with Crippen LogP contribution in [0, 0.1) is 5.82 Å². The van der Waals surface area contributed by atoms with E-state index in [1.807, 2.05) is 26.0 Å². The maximum Gasteiger partial charge on any atom is 0.177 e. The van der Waals surface area contributed by atoms with Gasteiger partial charge in [-0.15, -0.1) is 0 Å². The first kappa shape index (κ1) is 28.0. The molecular weight excluding hydrogens is 474 g/mol. The van der Waals surface area contributed by atoms with Crippen molar-refractivity contribution in [3.8, 4) is 11.1 Å². The maximum atomic E-state index is 14.1. The summed E-state index contributed by atoms with van der Waals surface area (Å²) >= 11 is 0. The zero-order chi connectivity index (χ0) is 26.9. The van der Waals surface area contributed by atoms with Crippen LogP contribution < -0.4 is 22.4 Å². The fourth-order valence-electron chi connectivity index (χ4n) is 4.16. The first-order valence-corrected chi connectivity index (χ1v) is 12.3. The van der Waals surface area contributed by atoms with E-state index in [0.29, 0.717) is 5.56 Å². The van der Waals surface area contributed by atoms with Crippen LogP contribution in [0.2, 0.25) is 0 Å². The molecule has 1 aliphatic heterocycles. The molecular formula is C27H36F2N8. The molecule has 2 aromatic carbocycles. The Hall–Kier alpha value is -3.60. The second kappa shape index (κ2) is 13.1. The molecule has 198 valence electrons. The van der Waals surface area contributed by atoms with E-state index >= 15 is 0 Å². The summed E-state index contributed by atoms with van der Waals surface area (Å²) in [6.07, 6.45) is 1.65. The monoisotopic (exact) mass is 510 g/mol. The molecule has 0 amide bonds. The Morgan fingerprint density at radius 3 is 2.35 bits per heavy atom. The van der Waals surface area contributed by atoms with E-state index < -0.39 is 12.5 Å². The predicted octanol–water partition coefficient (Wildman–Crippen LogP) is 3.71. The van der Waals surface area contributed by atoms with Gasteiger partial charge in [-0.05, 0) is 36.4 Å². The molecule has 0 bridgehead atoms. The number of piperazine rings is 1. The number of amidine groups is 1. The molecule has 0 atom stereocenters. The van der Waals surface area contributed by atoms with Gasteiger partial charge < -0.3 is 16.5 Å². The van der Waals surface area contributed by atoms with Crippen LogP contribution in [0.1, 0.15) is 30.5 Å². The molecule has 3 aromatic rings. The Morgan fingerprint density at radius 1 is 1.05 bits per heavy atom. The number of nitrogens with zero attached hydrogens (tertiary/aromatic N) is 5. The average Bonchev–Trinajstić information content (AvgIpc) is 2.93. The molecule has 0 unspecified atom stereocenters. The largest absolute Gasteiger partial charge is 0.383 e. The molecule has 0 saturated carbocycles. The number of nitrogens with two attached hydrogens (primary N) is 3. The summed E-state index contributed by atoms with van der Waals surface area (Å²) in [7, 11) is 2.14. The average molecular weight is 511 g/mol. The van der Waals surface area contributed by atoms with Crippen molar-refractivity contribution in [2.45, 2.75) is 27.1 Å². The van der Waals surface area contributed by atoms with Crippen LogP contribution >= 0.6 is 0 Å². The van der Waals surface area contributed by atoms with Gasteiger partial charge in [-0.3, -0.25) is 9.91 Å². The highest BCUT2D eigenvalue weighted by molar-refractivity contribution is 6.12. The van der Waals surface area contributed by atoms with Crippen LogP contribution in [0.4, 0.5) is 20.3 Å². The minimum absolute atomic E-state index is 0.0313. The normalized spacial score (nSPS) is 14.7. The Labute approximate surface area is 217 Å². The molecule has 1 saturated heterocycles. The fourth-order valence-corrected chi connectivity index (χ4v) is 4.16. The van der Waals surface area contributed by atoms with Gasteiger partial charge in [0.1, 0.15) is 18.3 Å². The number of anilines is 2. The number of halogens is 2. The smallest absolute Gasteiger partial charge is 0.177 e. The van der Waals surface area contributed by atoms with Crippen LogP contribution in [-0.4, -0.2) is 53.8 Å². The number of rotatable bonds is 6. The van der Waals surface area contributed by atoms with Crippen molar-refractivity contribution in [1.82, 2.24) is 14.8 Å². The summed E-state index contributed by atoms with van der Waals surface area (Å²) in [5, 5.41) is 4.79. The maximum absolute atomic E-state index is 14.1. The summed E-state index contributed by atoms with van der Waals surface area (Å²) in [4.78, 5) is 9.05. The quantitative estimate of drug-likeness (QED) is 0.201. The van der Waals surface area contributed by atoms with E-state index in [4.69, 9.17) is 17.4 Å². The Bertz CT molecular complexity index is 1190. The Morgan fingerprint density at radius 2 is 1.73 bits per heavy atom. The summed E-state index contributed by atoms with van der Waals surface area (Å²) in [6, 6.07) is 14.1. The van der Waals surface area contributed by atoms with E-state index in [1.54, 1.807) is 12.3 Å². The van der Waals surface area contributed by atoms with Crippen LogP contribution in [0.25, 0.3) is 11.1 Å². The fraction of sp³-hybridized carbons (Fsp3) is 0.333. The standard InChI is InChI=1S/C25H30F2N8.C2H6/c1-33-9-11-34(12-10-33)16-17-5-7-18(8-6-17)19-13-20(24(28)31-15-19)25(32-29)35(30)23-4-2-3-22(27)21(23)14-26;1-2/h2-8,13,15H,9-12,14,16,29-30H2,1H3,(H2,28,31);1-2H3/b32-25-;. The summed E-state index contributed by atoms with van der Waals surface area (Å²) < 4.78 is 27.6. The van der Waals surface area contributed by atoms with Crippen LogP contribution in [0.15, 0.2) is 59.8 Å². The van der Waals surface area contributed by atoms with E-state index in [1.165, 1.54) is 17.7 Å². The van der Waals surface area contributed by atoms with E-state index in [2.05, 4.69) is 39.1 Å². The highest BCUT2D eigenvalue weighted by Gasteiger charge is 2.21. The second-order valence-corrected chi connectivity index (χ2v) is 8.63. The lowest BCUT2D eigenvalue weighted by atomic mass is 10.0. The van der Waals surface area contributed by atoms with Gasteiger partial charge in [-0.1, -0.05) is 44.2 Å². The lowest BCUT2D eigenvalue weighted by molar-refractivity contribution is 0.148. The third-order valence-electron chi connectivity index (χ3n) is 6.29. The lowest BCUT2D eigenvalue weighted by Gasteiger charge is -2.32. The summed E-state index contributed by atoms with van der Waals surface area (Å²) in [6.45, 7) is 8.11. The number of benzene rings is 2. The van der Waals surface area contributed by atoms with Crippen LogP contribution in [-0.2, 0) is 13.2 Å². The zero-order valence-corrected chi connectivity index (χ0v) is 21.7. The van der Waals surface area contributed by atoms with Gasteiger partial charge in [-0.25, -0.2) is 19.6 Å². The molecule has 0 radical (unpaired) electrons. The van der Waals surface area contributed by atoms with Crippen LogP contribution in [0.3, 0.4) is 0 Å². The van der Waals surface area contributed by atoms with Crippen molar-refractivity contribution in [2.24, 2.45) is 16.8 Å². The molecule has 1 aromatic heterocycles. The second-order valence-electron chi connectivity index (χ2n) is 8.63. The first-order chi connectivity index (χ1) is 17.9. The number of hydrazine groups is 1. The molecule has 10 heteroatoms. The van der Waals surface area contributed by atoms with Gasteiger partial charge in [0.05, 0.1) is 11.3 Å². The zero-order valence-electron chi connectivity index (χ0n) is 21.7. The van der Waals surface area contributed by atoms with Crippen molar-refractivity contribution < 1.29 is 8.78 Å². The van der Waals surface area contributed by atoms with Gasteiger partial charge in [0, 0.05) is 50.0 Å². The van der Waals surface area contributed by atoms with Crippen molar-refractivity contribution in [2.75, 3.05) is 44.0 Å². The number of likely N-dealkylation sites (N-methyl/N-ethyl adjacent to an activating group) is 1. The minimum atomic E-state index is -1.04. The molecule has 1 aliphatic rings. The number of pyridine rings is 1. The SMILES string of the molecule is CC.CN1CCN(Cc2ccc(-c3cnc(N)c(/C(=N/N)N(N)c4cccc(F)c4CF)c3)cc2)CC1. The molecule has 6 N–H and O–H groups in total. The highest BCUT2D eigenvalue weighted by atomic mass is 19.1. The summed E-state index contributed by atoms with van der Waals surface area (Å²) in [5.74, 6) is 11.3. The Balaban J connectivity index is 0.00000186. The van der Waals surface area contributed by atoms with Gasteiger partial charge in [-0.2, -0.15) is 5.10 Å². The number of nitrogen functional groups attached to an aromatic ring is 1. The molecule has 1 fully saturated rings. The number of hydrogen-bond donors (Lipinski definition) is 3. The predicted molar refractivity (Wildman–Crippen MR) is 147 cm³/mol. The Kier molecular flexibility index (Phi) is 9.90. The van der Waals surface area contributed by atoms with Crippen LogP contribution in [0.5, 0.6) is 0 Å². The topological polar surface area (TPSA) is 113 Å². The van der Waals surface area contributed by atoms with Crippen molar-refractivity contribution in [3.63, 3.8) is 0 Å². The van der Waals surface area contributed by atoms with Gasteiger partial charge >= 0.3 is 0 Å². The van der Waals surface area contributed by atoms with Crippen molar-refractivity contribution in [3.05, 3.63) is 77.2 Å². The summed E-state index contributed by atoms with van der Waals surface area (Å²) in [5.41, 5.74) is 9.29. The number of aromatic nitrogens is 1. The third-order valence-corrected chi connectivity index (χ3v) is 6.29. The van der Waals surface area contributed by atoms with Gasteiger partial charge in [0.2, 0.25) is 0 Å². The highest BCUT2D eigenvalue weighted by Crippen LogP contribution is 2.27. The van der Waals surface area contributed by atoms with Gasteiger partial charge in [0.25, 0.3) is 0 Å². The molecule has 4 rings (SSSR count). The first-order valence-electron chi connectivity index (χ1n) is 12.3. The molecule has 8 nitrogen and oxygen atoms in total. The number of hydrazone groups is 1.